The smallest absolute Gasteiger partial charge is 0.416 e. The fraction of sp³-hybridized carbons (Fsp3) is 0.588. The van der Waals surface area contributed by atoms with E-state index in [9.17, 15) is 18.0 Å². The predicted octanol–water partition coefficient (Wildman–Crippen LogP) is 3.82. The molecule has 23 heavy (non-hydrogen) atoms. The molecule has 0 aliphatic carbocycles. The normalized spacial score (nSPS) is 27.6. The van der Waals surface area contributed by atoms with E-state index in [1.165, 1.54) is 19.6 Å². The molecule has 0 radical (unpaired) electrons. The minimum absolute atomic E-state index is 0.00789. The van der Waals surface area contributed by atoms with Crippen molar-refractivity contribution in [2.75, 3.05) is 7.11 Å². The Morgan fingerprint density at radius 2 is 1.87 bits per heavy atom. The van der Waals surface area contributed by atoms with E-state index in [2.05, 4.69) is 5.32 Å². The van der Waals surface area contributed by atoms with Crippen molar-refractivity contribution in [3.05, 3.63) is 29.3 Å². The number of fused-ring (bicyclic) bond motifs is 2. The molecule has 0 amide bonds. The summed E-state index contributed by atoms with van der Waals surface area (Å²) in [4.78, 5) is 12.8. The number of alkyl halides is 3. The molecule has 1 aromatic carbocycles. The minimum Gasteiger partial charge on any atom is -0.496 e. The third kappa shape index (κ3) is 3.37. The van der Waals surface area contributed by atoms with E-state index >= 15 is 0 Å². The van der Waals surface area contributed by atoms with Crippen LogP contribution in [0, 0.1) is 5.92 Å². The van der Waals surface area contributed by atoms with Gasteiger partial charge in [0.05, 0.1) is 18.2 Å². The van der Waals surface area contributed by atoms with E-state index in [0.717, 1.165) is 37.8 Å². The number of carbonyl (C=O) groups is 1. The van der Waals surface area contributed by atoms with Crippen molar-refractivity contribution in [2.24, 2.45) is 5.92 Å². The number of benzene rings is 1. The van der Waals surface area contributed by atoms with Gasteiger partial charge in [0.2, 0.25) is 0 Å². The van der Waals surface area contributed by atoms with Crippen molar-refractivity contribution in [1.29, 1.82) is 0 Å². The van der Waals surface area contributed by atoms with Gasteiger partial charge in [-0.15, -0.1) is 0 Å². The first-order chi connectivity index (χ1) is 10.9. The number of hydrogen-bond acceptors (Lipinski definition) is 3. The number of methoxy groups -OCH3 is 1. The van der Waals surface area contributed by atoms with Crippen LogP contribution in [0.3, 0.4) is 0 Å². The molecule has 2 aliphatic heterocycles. The van der Waals surface area contributed by atoms with E-state index in [1.54, 1.807) is 0 Å². The highest BCUT2D eigenvalue weighted by Gasteiger charge is 2.37. The number of hydrogen-bond donors (Lipinski definition) is 1. The lowest BCUT2D eigenvalue weighted by Gasteiger charge is -2.39. The van der Waals surface area contributed by atoms with Gasteiger partial charge < -0.3 is 10.1 Å². The number of nitrogens with one attached hydrogen (secondary N) is 1. The molecule has 2 bridgehead atoms. The Bertz CT molecular complexity index is 588. The lowest BCUT2D eigenvalue weighted by atomic mass is 9.77. The van der Waals surface area contributed by atoms with Crippen LogP contribution in [0.15, 0.2) is 18.2 Å². The molecule has 1 aromatic rings. The summed E-state index contributed by atoms with van der Waals surface area (Å²) in [6, 6.07) is 3.81. The van der Waals surface area contributed by atoms with Crippen molar-refractivity contribution < 1.29 is 22.7 Å². The molecule has 1 N–H and O–H groups in total. The fourth-order valence-corrected chi connectivity index (χ4v) is 3.77. The first kappa shape index (κ1) is 16.3. The summed E-state index contributed by atoms with van der Waals surface area (Å²) in [6.07, 6.45) is 0.349. The maximum Gasteiger partial charge on any atom is 0.416 e. The van der Waals surface area contributed by atoms with Crippen LogP contribution >= 0.6 is 0 Å². The molecule has 2 atom stereocenters. The van der Waals surface area contributed by atoms with E-state index < -0.39 is 11.7 Å². The Morgan fingerprint density at radius 3 is 2.43 bits per heavy atom. The Balaban J connectivity index is 1.84. The highest BCUT2D eigenvalue weighted by molar-refractivity contribution is 6.00. The van der Waals surface area contributed by atoms with Crippen molar-refractivity contribution in [3.63, 3.8) is 0 Å². The monoisotopic (exact) mass is 327 g/mol. The number of ether oxygens (including phenoxy) is 1. The Hall–Kier alpha value is -1.56. The summed E-state index contributed by atoms with van der Waals surface area (Å²) in [5.74, 6) is -0.236. The number of piperidine rings is 2. The summed E-state index contributed by atoms with van der Waals surface area (Å²) < 4.78 is 43.4. The summed E-state index contributed by atoms with van der Waals surface area (Å²) >= 11 is 0. The molecule has 3 nitrogen and oxygen atoms in total. The second-order valence-electron chi connectivity index (χ2n) is 6.44. The Morgan fingerprint density at radius 1 is 1.22 bits per heavy atom. The highest BCUT2D eigenvalue weighted by atomic mass is 19.4. The second-order valence-corrected chi connectivity index (χ2v) is 6.44. The highest BCUT2D eigenvalue weighted by Crippen LogP contribution is 2.36. The van der Waals surface area contributed by atoms with Crippen LogP contribution in [-0.2, 0) is 6.18 Å². The molecule has 0 aromatic heterocycles. The Kier molecular flexibility index (Phi) is 4.36. The molecule has 2 saturated heterocycles. The quantitative estimate of drug-likeness (QED) is 0.858. The molecular weight excluding hydrogens is 307 g/mol. The molecule has 0 spiro atoms. The molecule has 0 saturated carbocycles. The van der Waals surface area contributed by atoms with Crippen molar-refractivity contribution in [3.8, 4) is 5.75 Å². The fourth-order valence-electron chi connectivity index (χ4n) is 3.77. The number of ketones is 1. The molecule has 2 unspecified atom stereocenters. The van der Waals surface area contributed by atoms with Crippen LogP contribution in [0.5, 0.6) is 5.75 Å². The van der Waals surface area contributed by atoms with E-state index in [-0.39, 0.29) is 23.0 Å². The molecule has 2 fully saturated rings. The summed E-state index contributed by atoms with van der Waals surface area (Å²) in [7, 11) is 1.30. The van der Waals surface area contributed by atoms with Crippen LogP contribution in [0.1, 0.15) is 48.0 Å². The van der Waals surface area contributed by atoms with Gasteiger partial charge in [0.15, 0.2) is 5.78 Å². The molecule has 126 valence electrons. The van der Waals surface area contributed by atoms with Crippen LogP contribution < -0.4 is 10.1 Å². The van der Waals surface area contributed by atoms with Crippen LogP contribution in [0.25, 0.3) is 0 Å². The van der Waals surface area contributed by atoms with Gasteiger partial charge in [-0.2, -0.15) is 13.2 Å². The summed E-state index contributed by atoms with van der Waals surface area (Å²) in [6.45, 7) is 0. The van der Waals surface area contributed by atoms with Crippen LogP contribution in [0.4, 0.5) is 13.2 Å². The number of carbonyl (C=O) groups excluding carboxylic acids is 1. The molecule has 3 rings (SSSR count). The van der Waals surface area contributed by atoms with Gasteiger partial charge in [-0.25, -0.2) is 0 Å². The van der Waals surface area contributed by atoms with Crippen molar-refractivity contribution in [2.45, 2.75) is 50.4 Å². The lowest BCUT2D eigenvalue weighted by Crippen LogP contribution is -2.50. The maximum absolute atomic E-state index is 12.8. The van der Waals surface area contributed by atoms with Crippen molar-refractivity contribution in [1.82, 2.24) is 5.32 Å². The average Bonchev–Trinajstić information content (AvgIpc) is 2.52. The van der Waals surface area contributed by atoms with Crippen LogP contribution in [-0.4, -0.2) is 25.0 Å². The molecule has 6 heteroatoms. The maximum atomic E-state index is 12.8. The van der Waals surface area contributed by atoms with Gasteiger partial charge in [0.1, 0.15) is 5.75 Å². The van der Waals surface area contributed by atoms with E-state index in [1.807, 2.05) is 0 Å². The number of Topliss-reactive ketones (excluding diaryl/α,β-unsaturated/α-hetero) is 1. The lowest BCUT2D eigenvalue weighted by molar-refractivity contribution is -0.137. The zero-order valence-electron chi connectivity index (χ0n) is 13.0. The average molecular weight is 327 g/mol. The third-order valence-corrected chi connectivity index (χ3v) is 4.88. The molecule has 2 heterocycles. The zero-order valence-corrected chi connectivity index (χ0v) is 13.0. The largest absolute Gasteiger partial charge is 0.496 e. The van der Waals surface area contributed by atoms with E-state index in [0.29, 0.717) is 12.1 Å². The molecular formula is C17H20F3NO2. The second kappa shape index (κ2) is 6.15. The summed E-state index contributed by atoms with van der Waals surface area (Å²) in [5, 5.41) is 3.51. The number of rotatable bonds is 3. The summed E-state index contributed by atoms with van der Waals surface area (Å²) in [5.41, 5.74) is -0.543. The SMILES string of the molecule is COc1cc(C(F)(F)F)ccc1C(=O)C1CC2CCCC(C1)N2. The number of halogens is 3. The third-order valence-electron chi connectivity index (χ3n) is 4.88. The van der Waals surface area contributed by atoms with Gasteiger partial charge in [0, 0.05) is 18.0 Å². The molecule has 2 aliphatic rings. The van der Waals surface area contributed by atoms with E-state index in [4.69, 9.17) is 4.74 Å². The standard InChI is InChI=1S/C17H20F3NO2/c1-23-15-9-11(17(18,19)20)5-6-14(15)16(22)10-7-12-3-2-4-13(8-10)21-12/h5-6,9-10,12-13,21H,2-4,7-8H2,1H3. The zero-order chi connectivity index (χ0) is 16.6. The topological polar surface area (TPSA) is 38.3 Å². The van der Waals surface area contributed by atoms with Gasteiger partial charge in [-0.3, -0.25) is 4.79 Å². The van der Waals surface area contributed by atoms with Gasteiger partial charge in [-0.05, 0) is 43.9 Å². The first-order valence-electron chi connectivity index (χ1n) is 7.94. The van der Waals surface area contributed by atoms with Gasteiger partial charge in [-0.1, -0.05) is 6.42 Å². The Labute approximate surface area is 133 Å². The minimum atomic E-state index is -4.44. The van der Waals surface area contributed by atoms with Gasteiger partial charge in [0.25, 0.3) is 0 Å². The predicted molar refractivity (Wildman–Crippen MR) is 79.6 cm³/mol. The first-order valence-corrected chi connectivity index (χ1v) is 7.94. The van der Waals surface area contributed by atoms with Crippen LogP contribution in [0.2, 0.25) is 0 Å². The van der Waals surface area contributed by atoms with Gasteiger partial charge >= 0.3 is 6.18 Å². The van der Waals surface area contributed by atoms with Crippen molar-refractivity contribution >= 4 is 5.78 Å².